The van der Waals surface area contributed by atoms with E-state index in [1.54, 1.807) is 0 Å². The van der Waals surface area contributed by atoms with Crippen LogP contribution in [0.1, 0.15) is 22.8 Å². The van der Waals surface area contributed by atoms with E-state index in [-0.39, 0.29) is 24.4 Å². The minimum atomic E-state index is -1.07. The van der Waals surface area contributed by atoms with Crippen molar-refractivity contribution >= 4 is 5.97 Å². The maximum absolute atomic E-state index is 13.8. The van der Waals surface area contributed by atoms with Crippen LogP contribution in [0.15, 0.2) is 18.2 Å². The number of morpholine rings is 1. The van der Waals surface area contributed by atoms with Crippen LogP contribution in [0.5, 0.6) is 0 Å². The molecule has 2 N–H and O–H groups in total. The highest BCUT2D eigenvalue weighted by Crippen LogP contribution is 2.17. The van der Waals surface area contributed by atoms with Crippen molar-refractivity contribution in [1.29, 1.82) is 0 Å². The molecule has 110 valence electrons. The highest BCUT2D eigenvalue weighted by molar-refractivity contribution is 5.87. The van der Waals surface area contributed by atoms with E-state index in [9.17, 15) is 9.18 Å². The maximum atomic E-state index is 13.8. The number of rotatable bonds is 4. The third kappa shape index (κ3) is 3.53. The fourth-order valence-electron chi connectivity index (χ4n) is 2.44. The Morgan fingerprint density at radius 3 is 2.90 bits per heavy atom. The van der Waals surface area contributed by atoms with Crippen molar-refractivity contribution in [1.82, 2.24) is 4.90 Å². The fraction of sp³-hybridized carbons (Fsp3) is 0.500. The van der Waals surface area contributed by atoms with Crippen molar-refractivity contribution in [3.63, 3.8) is 0 Å². The van der Waals surface area contributed by atoms with Crippen molar-refractivity contribution in [2.45, 2.75) is 25.7 Å². The molecule has 1 aromatic rings. The minimum Gasteiger partial charge on any atom is -0.478 e. The molecule has 0 spiro atoms. The summed E-state index contributed by atoms with van der Waals surface area (Å²) in [5.74, 6) is -1.50. The number of aromatic carboxylic acids is 1. The molecule has 5 nitrogen and oxygen atoms in total. The first-order valence-electron chi connectivity index (χ1n) is 6.50. The Labute approximate surface area is 116 Å². The van der Waals surface area contributed by atoms with Gasteiger partial charge in [0.2, 0.25) is 0 Å². The number of aliphatic hydroxyl groups is 1. The van der Waals surface area contributed by atoms with E-state index < -0.39 is 11.8 Å². The molecule has 1 aromatic carbocycles. The number of hydrogen-bond donors (Lipinski definition) is 2. The second-order valence-electron chi connectivity index (χ2n) is 5.06. The van der Waals surface area contributed by atoms with Crippen LogP contribution < -0.4 is 0 Å². The van der Waals surface area contributed by atoms with Gasteiger partial charge < -0.3 is 14.9 Å². The summed E-state index contributed by atoms with van der Waals surface area (Å²) in [5.41, 5.74) is 0.414. The molecule has 1 aliphatic heterocycles. The topological polar surface area (TPSA) is 70.0 Å². The van der Waals surface area contributed by atoms with Crippen molar-refractivity contribution < 1.29 is 24.1 Å². The second-order valence-corrected chi connectivity index (χ2v) is 5.06. The third-order valence-corrected chi connectivity index (χ3v) is 3.29. The molecule has 2 rings (SSSR count). The van der Waals surface area contributed by atoms with Crippen LogP contribution in [-0.2, 0) is 11.3 Å². The standard InChI is InChI=1S/C14H18FNO4/c1-9-5-16(7-12(8-17)20-9)6-11-4-10(14(18)19)2-3-13(11)15/h2-4,9,12,17H,5-8H2,1H3,(H,18,19). The van der Waals surface area contributed by atoms with Gasteiger partial charge in [0.05, 0.1) is 24.4 Å². The first-order valence-corrected chi connectivity index (χ1v) is 6.50. The minimum absolute atomic E-state index is 0.0494. The lowest BCUT2D eigenvalue weighted by Gasteiger charge is -2.36. The Morgan fingerprint density at radius 1 is 1.50 bits per heavy atom. The summed E-state index contributed by atoms with van der Waals surface area (Å²) >= 11 is 0. The fourth-order valence-corrected chi connectivity index (χ4v) is 2.44. The molecule has 20 heavy (non-hydrogen) atoms. The summed E-state index contributed by atoms with van der Waals surface area (Å²) in [5, 5.41) is 18.1. The molecule has 0 amide bonds. The Morgan fingerprint density at radius 2 is 2.25 bits per heavy atom. The van der Waals surface area contributed by atoms with Gasteiger partial charge in [-0.3, -0.25) is 4.90 Å². The first kappa shape index (κ1) is 14.9. The number of carboxylic acid groups (broad SMARTS) is 1. The third-order valence-electron chi connectivity index (χ3n) is 3.29. The van der Waals surface area contributed by atoms with Gasteiger partial charge in [0.1, 0.15) is 5.82 Å². The van der Waals surface area contributed by atoms with Gasteiger partial charge in [0.25, 0.3) is 0 Å². The van der Waals surface area contributed by atoms with Gasteiger partial charge in [-0.15, -0.1) is 0 Å². The number of ether oxygens (including phenoxy) is 1. The molecule has 6 heteroatoms. The van der Waals surface area contributed by atoms with E-state index in [0.717, 1.165) is 0 Å². The molecule has 0 bridgehead atoms. The van der Waals surface area contributed by atoms with Gasteiger partial charge >= 0.3 is 5.97 Å². The van der Waals surface area contributed by atoms with Crippen LogP contribution in [0, 0.1) is 5.82 Å². The lowest BCUT2D eigenvalue weighted by atomic mass is 10.1. The summed E-state index contributed by atoms with van der Waals surface area (Å²) in [6, 6.07) is 3.78. The summed E-state index contributed by atoms with van der Waals surface area (Å²) in [4.78, 5) is 12.9. The second kappa shape index (κ2) is 6.30. The summed E-state index contributed by atoms with van der Waals surface area (Å²) in [6.45, 7) is 3.22. The molecule has 1 aliphatic rings. The molecule has 1 fully saturated rings. The molecule has 0 saturated carbocycles. The number of hydrogen-bond acceptors (Lipinski definition) is 4. The molecule has 0 aromatic heterocycles. The predicted octanol–water partition coefficient (Wildman–Crippen LogP) is 1.11. The quantitative estimate of drug-likeness (QED) is 0.866. The van der Waals surface area contributed by atoms with Crippen molar-refractivity contribution in [3.05, 3.63) is 35.1 Å². The monoisotopic (exact) mass is 283 g/mol. The van der Waals surface area contributed by atoms with E-state index in [1.165, 1.54) is 18.2 Å². The van der Waals surface area contributed by atoms with E-state index in [4.69, 9.17) is 14.9 Å². The van der Waals surface area contributed by atoms with Gasteiger partial charge in [0.15, 0.2) is 0 Å². The summed E-state index contributed by atoms with van der Waals surface area (Å²) < 4.78 is 19.3. The van der Waals surface area contributed by atoms with Crippen molar-refractivity contribution in [2.24, 2.45) is 0 Å². The molecule has 0 aliphatic carbocycles. The summed E-state index contributed by atoms with van der Waals surface area (Å²) in [6.07, 6.45) is -0.337. The molecule has 2 unspecified atom stereocenters. The average molecular weight is 283 g/mol. The average Bonchev–Trinajstić information content (AvgIpc) is 2.40. The van der Waals surface area contributed by atoms with E-state index in [1.807, 2.05) is 11.8 Å². The molecule has 1 saturated heterocycles. The lowest BCUT2D eigenvalue weighted by molar-refractivity contribution is -0.0974. The van der Waals surface area contributed by atoms with Gasteiger partial charge in [0, 0.05) is 25.2 Å². The number of benzene rings is 1. The number of aliphatic hydroxyl groups excluding tert-OH is 1. The van der Waals surface area contributed by atoms with Gasteiger partial charge in [-0.1, -0.05) is 0 Å². The molecule has 0 radical (unpaired) electrons. The van der Waals surface area contributed by atoms with Gasteiger partial charge in [-0.2, -0.15) is 0 Å². The predicted molar refractivity (Wildman–Crippen MR) is 70.1 cm³/mol. The molecular formula is C14H18FNO4. The van der Waals surface area contributed by atoms with Gasteiger partial charge in [-0.25, -0.2) is 9.18 Å². The maximum Gasteiger partial charge on any atom is 0.335 e. The molecular weight excluding hydrogens is 265 g/mol. The van der Waals surface area contributed by atoms with E-state index in [2.05, 4.69) is 0 Å². The Kier molecular flexibility index (Phi) is 4.69. The van der Waals surface area contributed by atoms with Crippen LogP contribution in [-0.4, -0.2) is 53.0 Å². The van der Waals surface area contributed by atoms with Crippen LogP contribution in [0.25, 0.3) is 0 Å². The Bertz CT molecular complexity index is 494. The smallest absolute Gasteiger partial charge is 0.335 e. The molecule has 2 atom stereocenters. The largest absolute Gasteiger partial charge is 0.478 e. The number of carboxylic acids is 1. The van der Waals surface area contributed by atoms with Crippen molar-refractivity contribution in [3.8, 4) is 0 Å². The SMILES string of the molecule is CC1CN(Cc2cc(C(=O)O)ccc2F)CC(CO)O1. The van der Waals surface area contributed by atoms with Crippen molar-refractivity contribution in [2.75, 3.05) is 19.7 Å². The van der Waals surface area contributed by atoms with E-state index >= 15 is 0 Å². The van der Waals surface area contributed by atoms with E-state index in [0.29, 0.717) is 25.2 Å². The lowest BCUT2D eigenvalue weighted by Crippen LogP contribution is -2.47. The van der Waals surface area contributed by atoms with Crippen LogP contribution in [0.3, 0.4) is 0 Å². The zero-order valence-electron chi connectivity index (χ0n) is 11.3. The Hall–Kier alpha value is -1.50. The normalized spacial score (nSPS) is 23.8. The Balaban J connectivity index is 2.12. The number of nitrogens with zero attached hydrogens (tertiary/aromatic N) is 1. The molecule has 1 heterocycles. The zero-order valence-corrected chi connectivity index (χ0v) is 11.3. The van der Waals surface area contributed by atoms with Crippen LogP contribution in [0.4, 0.5) is 4.39 Å². The highest BCUT2D eigenvalue weighted by atomic mass is 19.1. The highest BCUT2D eigenvalue weighted by Gasteiger charge is 2.25. The zero-order chi connectivity index (χ0) is 14.7. The number of halogens is 1. The van der Waals surface area contributed by atoms with Crippen LogP contribution >= 0.6 is 0 Å². The first-order chi connectivity index (χ1) is 9.49. The summed E-state index contributed by atoms with van der Waals surface area (Å²) in [7, 11) is 0. The van der Waals surface area contributed by atoms with Gasteiger partial charge in [-0.05, 0) is 25.1 Å². The number of carbonyl (C=O) groups is 1. The van der Waals surface area contributed by atoms with Crippen LogP contribution in [0.2, 0.25) is 0 Å².